The Morgan fingerprint density at radius 2 is 1.92 bits per heavy atom. The van der Waals surface area contributed by atoms with Gasteiger partial charge < -0.3 is 18.9 Å². The summed E-state index contributed by atoms with van der Waals surface area (Å²) in [6, 6.07) is 9.05. The van der Waals surface area contributed by atoms with Gasteiger partial charge in [0.1, 0.15) is 5.75 Å². The highest BCUT2D eigenvalue weighted by Crippen LogP contribution is 2.32. The molecular weight excluding hydrogens is 342 g/mol. The summed E-state index contributed by atoms with van der Waals surface area (Å²) in [4.78, 5) is 22.9. The maximum Gasteiger partial charge on any atom is 0.314 e. The smallest absolute Gasteiger partial charge is 0.314 e. The van der Waals surface area contributed by atoms with Crippen molar-refractivity contribution in [2.45, 2.75) is 6.42 Å². The average Bonchev–Trinajstić information content (AvgIpc) is 2.90. The number of nitro groups is 1. The fraction of sp³-hybridized carbons (Fsp3) is 0.278. The molecule has 8 nitrogen and oxygen atoms in total. The standard InChI is InChI=1S/C18H17NO7/c1-23-13-4-6-16(14(10-13)19(21)22)26-11-15(20)12-3-5-17-18(9-12)25-8-2-7-24-17/h3-6,9-10H,2,7-8,11H2,1H3. The quantitative estimate of drug-likeness (QED) is 0.444. The van der Waals surface area contributed by atoms with Gasteiger partial charge in [-0.2, -0.15) is 0 Å². The molecule has 0 unspecified atom stereocenters. The minimum Gasteiger partial charge on any atom is -0.496 e. The number of hydrogen-bond acceptors (Lipinski definition) is 7. The molecule has 0 N–H and O–H groups in total. The van der Waals surface area contributed by atoms with Crippen molar-refractivity contribution in [2.75, 3.05) is 26.9 Å². The molecule has 0 saturated carbocycles. The molecule has 0 fully saturated rings. The summed E-state index contributed by atoms with van der Waals surface area (Å²) in [5.41, 5.74) is 0.112. The van der Waals surface area contributed by atoms with Crippen LogP contribution in [0.5, 0.6) is 23.0 Å². The lowest BCUT2D eigenvalue weighted by atomic mass is 10.1. The second kappa shape index (κ2) is 7.73. The van der Waals surface area contributed by atoms with Crippen LogP contribution in [0.1, 0.15) is 16.8 Å². The number of ketones is 1. The molecule has 0 aliphatic carbocycles. The molecule has 2 aromatic rings. The zero-order chi connectivity index (χ0) is 18.5. The Morgan fingerprint density at radius 1 is 1.15 bits per heavy atom. The first-order chi connectivity index (χ1) is 12.6. The number of benzene rings is 2. The number of carbonyl (C=O) groups is 1. The van der Waals surface area contributed by atoms with Crippen LogP contribution in [0.3, 0.4) is 0 Å². The molecular formula is C18H17NO7. The van der Waals surface area contributed by atoms with Gasteiger partial charge in [-0.05, 0) is 30.3 Å². The number of hydrogen-bond donors (Lipinski definition) is 0. The van der Waals surface area contributed by atoms with Gasteiger partial charge in [0.05, 0.1) is 31.3 Å². The highest BCUT2D eigenvalue weighted by atomic mass is 16.6. The summed E-state index contributed by atoms with van der Waals surface area (Å²) in [6.45, 7) is 0.733. The van der Waals surface area contributed by atoms with E-state index in [1.54, 1.807) is 18.2 Å². The molecule has 8 heteroatoms. The van der Waals surface area contributed by atoms with Crippen LogP contribution in [0.25, 0.3) is 0 Å². The summed E-state index contributed by atoms with van der Waals surface area (Å²) < 4.78 is 21.4. The Morgan fingerprint density at radius 3 is 2.65 bits per heavy atom. The van der Waals surface area contributed by atoms with E-state index in [0.717, 1.165) is 6.42 Å². The first-order valence-corrected chi connectivity index (χ1v) is 7.96. The van der Waals surface area contributed by atoms with Crippen LogP contribution < -0.4 is 18.9 Å². The molecule has 3 rings (SSSR count). The third-order valence-electron chi connectivity index (χ3n) is 3.79. The van der Waals surface area contributed by atoms with Crippen LogP contribution in [0.15, 0.2) is 36.4 Å². The Bertz CT molecular complexity index is 834. The van der Waals surface area contributed by atoms with Gasteiger partial charge in [0.2, 0.25) is 0 Å². The van der Waals surface area contributed by atoms with Crippen molar-refractivity contribution in [3.63, 3.8) is 0 Å². The molecule has 2 aromatic carbocycles. The molecule has 0 bridgehead atoms. The van der Waals surface area contributed by atoms with Gasteiger partial charge in [0.25, 0.3) is 0 Å². The molecule has 136 valence electrons. The lowest BCUT2D eigenvalue weighted by Gasteiger charge is -2.10. The molecule has 1 aliphatic rings. The Hall–Kier alpha value is -3.29. The van der Waals surface area contributed by atoms with E-state index in [-0.39, 0.29) is 23.8 Å². The highest BCUT2D eigenvalue weighted by molar-refractivity contribution is 5.97. The van der Waals surface area contributed by atoms with Gasteiger partial charge in [-0.3, -0.25) is 14.9 Å². The van der Waals surface area contributed by atoms with Gasteiger partial charge in [-0.1, -0.05) is 0 Å². The fourth-order valence-electron chi connectivity index (χ4n) is 2.45. The van der Waals surface area contributed by atoms with Gasteiger partial charge in [-0.25, -0.2) is 0 Å². The van der Waals surface area contributed by atoms with Crippen LogP contribution in [0.4, 0.5) is 5.69 Å². The SMILES string of the molecule is COc1ccc(OCC(=O)c2ccc3c(c2)OCCCO3)c([N+](=O)[O-])c1. The van der Waals surface area contributed by atoms with Crippen LogP contribution in [-0.4, -0.2) is 37.6 Å². The van der Waals surface area contributed by atoms with Crippen molar-refractivity contribution < 1.29 is 28.7 Å². The lowest BCUT2D eigenvalue weighted by Crippen LogP contribution is -2.12. The second-order valence-corrected chi connectivity index (χ2v) is 5.51. The summed E-state index contributed by atoms with van der Waals surface area (Å²) in [7, 11) is 1.41. The summed E-state index contributed by atoms with van der Waals surface area (Å²) in [5.74, 6) is 1.09. The second-order valence-electron chi connectivity index (χ2n) is 5.51. The van der Waals surface area contributed by atoms with E-state index in [2.05, 4.69) is 0 Å². The maximum absolute atomic E-state index is 12.4. The molecule has 0 radical (unpaired) electrons. The van der Waals surface area contributed by atoms with Gasteiger partial charge in [-0.15, -0.1) is 0 Å². The van der Waals surface area contributed by atoms with Crippen molar-refractivity contribution >= 4 is 11.5 Å². The van der Waals surface area contributed by atoms with Crippen molar-refractivity contribution in [1.82, 2.24) is 0 Å². The molecule has 26 heavy (non-hydrogen) atoms. The Balaban J connectivity index is 1.73. The fourth-order valence-corrected chi connectivity index (χ4v) is 2.45. The first-order valence-electron chi connectivity index (χ1n) is 7.96. The predicted molar refractivity (Wildman–Crippen MR) is 91.5 cm³/mol. The molecule has 1 heterocycles. The van der Waals surface area contributed by atoms with E-state index >= 15 is 0 Å². The monoisotopic (exact) mass is 359 g/mol. The minimum atomic E-state index is -0.587. The molecule has 0 aromatic heterocycles. The highest BCUT2D eigenvalue weighted by Gasteiger charge is 2.19. The van der Waals surface area contributed by atoms with E-state index < -0.39 is 4.92 Å². The van der Waals surface area contributed by atoms with E-state index in [1.165, 1.54) is 25.3 Å². The average molecular weight is 359 g/mol. The van der Waals surface area contributed by atoms with Crippen LogP contribution >= 0.6 is 0 Å². The molecule has 0 saturated heterocycles. The van der Waals surface area contributed by atoms with Crippen LogP contribution in [0.2, 0.25) is 0 Å². The number of nitro benzene ring substituents is 1. The molecule has 0 atom stereocenters. The predicted octanol–water partition coefficient (Wildman–Crippen LogP) is 3.03. The van der Waals surface area contributed by atoms with Crippen LogP contribution in [-0.2, 0) is 0 Å². The molecule has 0 spiro atoms. The Labute approximate surface area is 149 Å². The van der Waals surface area contributed by atoms with Crippen LogP contribution in [0, 0.1) is 10.1 Å². The summed E-state index contributed by atoms with van der Waals surface area (Å²) >= 11 is 0. The van der Waals surface area contributed by atoms with E-state index in [9.17, 15) is 14.9 Å². The van der Waals surface area contributed by atoms with Crippen molar-refractivity contribution in [1.29, 1.82) is 0 Å². The van der Waals surface area contributed by atoms with E-state index in [1.807, 2.05) is 0 Å². The normalized spacial score (nSPS) is 12.8. The lowest BCUT2D eigenvalue weighted by molar-refractivity contribution is -0.385. The first kappa shape index (κ1) is 17.5. The van der Waals surface area contributed by atoms with E-state index in [0.29, 0.717) is 36.0 Å². The number of nitrogens with zero attached hydrogens (tertiary/aromatic N) is 1. The molecule has 1 aliphatic heterocycles. The van der Waals surface area contributed by atoms with Gasteiger partial charge in [0, 0.05) is 12.0 Å². The topological polar surface area (TPSA) is 97.1 Å². The largest absolute Gasteiger partial charge is 0.496 e. The third-order valence-corrected chi connectivity index (χ3v) is 3.79. The summed E-state index contributed by atoms with van der Waals surface area (Å²) in [5, 5.41) is 11.2. The van der Waals surface area contributed by atoms with Crippen molar-refractivity contribution in [3.05, 3.63) is 52.1 Å². The van der Waals surface area contributed by atoms with E-state index in [4.69, 9.17) is 18.9 Å². The number of Topliss-reactive ketones (excluding diaryl/α,β-unsaturated/α-hetero) is 1. The third kappa shape index (κ3) is 3.85. The number of rotatable bonds is 6. The van der Waals surface area contributed by atoms with Gasteiger partial charge in [0.15, 0.2) is 29.6 Å². The number of carbonyl (C=O) groups excluding carboxylic acids is 1. The Kier molecular flexibility index (Phi) is 5.21. The van der Waals surface area contributed by atoms with Crippen molar-refractivity contribution in [2.24, 2.45) is 0 Å². The number of fused-ring (bicyclic) bond motifs is 1. The number of methoxy groups -OCH3 is 1. The summed E-state index contributed by atoms with van der Waals surface area (Å²) in [6.07, 6.45) is 0.766. The molecule has 0 amide bonds. The van der Waals surface area contributed by atoms with Gasteiger partial charge >= 0.3 is 5.69 Å². The zero-order valence-electron chi connectivity index (χ0n) is 14.1. The number of ether oxygens (including phenoxy) is 4. The van der Waals surface area contributed by atoms with Crippen molar-refractivity contribution in [3.8, 4) is 23.0 Å². The minimum absolute atomic E-state index is 0.00140. The maximum atomic E-state index is 12.4. The zero-order valence-corrected chi connectivity index (χ0v) is 14.1.